The molecule has 1 atom stereocenters. The third-order valence-corrected chi connectivity index (χ3v) is 4.14. The number of benzene rings is 2. The van der Waals surface area contributed by atoms with Crippen LogP contribution in [0.3, 0.4) is 0 Å². The Labute approximate surface area is 149 Å². The fourth-order valence-corrected chi connectivity index (χ4v) is 2.64. The molecule has 0 spiro atoms. The summed E-state index contributed by atoms with van der Waals surface area (Å²) in [4.78, 5) is 23.8. The van der Waals surface area contributed by atoms with Crippen LogP contribution in [0, 0.1) is 5.92 Å². The van der Waals surface area contributed by atoms with Gasteiger partial charge >= 0.3 is 0 Å². The normalized spacial score (nSPS) is 12.2. The minimum atomic E-state index is -0.273. The monoisotopic (exact) mass is 341 g/mol. The third kappa shape index (κ3) is 5.87. The van der Waals surface area contributed by atoms with Crippen molar-refractivity contribution in [3.63, 3.8) is 0 Å². The molecule has 2 rings (SSSR count). The van der Waals surface area contributed by atoms with Gasteiger partial charge < -0.3 is 16.4 Å². The quantitative estimate of drug-likeness (QED) is 0.690. The van der Waals surface area contributed by atoms with Gasteiger partial charge in [0.25, 0.3) is 0 Å². The van der Waals surface area contributed by atoms with Gasteiger partial charge in [0.2, 0.25) is 11.8 Å². The lowest BCUT2D eigenvalue weighted by molar-refractivity contribution is -0.126. The van der Waals surface area contributed by atoms with Crippen molar-refractivity contribution in [2.75, 3.05) is 13.1 Å². The highest BCUT2D eigenvalue weighted by Gasteiger charge is 2.14. The minimum absolute atomic E-state index is 0.0268. The molecule has 1 unspecified atom stereocenters. The molecule has 134 valence electrons. The summed E-state index contributed by atoms with van der Waals surface area (Å²) in [7, 11) is 0. The molecule has 25 heavy (non-hydrogen) atoms. The van der Waals surface area contributed by atoms with Gasteiger partial charge in [-0.25, -0.2) is 0 Å². The van der Waals surface area contributed by atoms with Crippen LogP contribution in [-0.4, -0.2) is 24.9 Å². The van der Waals surface area contributed by atoms with Gasteiger partial charge in [0.05, 0.1) is 12.6 Å². The molecule has 0 aliphatic rings. The maximum atomic E-state index is 12.1. The van der Waals surface area contributed by atoms with E-state index in [0.29, 0.717) is 18.9 Å². The number of hydrogen-bond acceptors (Lipinski definition) is 3. The molecule has 2 aromatic carbocycles. The molecule has 5 nitrogen and oxygen atoms in total. The summed E-state index contributed by atoms with van der Waals surface area (Å²) in [6, 6.07) is 13.8. The molecule has 0 aliphatic carbocycles. The molecule has 0 saturated carbocycles. The number of carbonyl (C=O) groups is 2. The molecule has 2 aromatic rings. The molecule has 0 aliphatic heterocycles. The van der Waals surface area contributed by atoms with E-state index in [4.69, 9.17) is 5.73 Å². The largest absolute Gasteiger partial charge is 0.347 e. The summed E-state index contributed by atoms with van der Waals surface area (Å²) >= 11 is 0. The molecule has 5 heteroatoms. The van der Waals surface area contributed by atoms with E-state index in [2.05, 4.69) is 24.5 Å². The Kier molecular flexibility index (Phi) is 6.95. The van der Waals surface area contributed by atoms with Crippen LogP contribution in [0.5, 0.6) is 0 Å². The number of rotatable bonds is 8. The predicted octanol–water partition coefficient (Wildman–Crippen LogP) is 2.51. The zero-order chi connectivity index (χ0) is 18.2. The number of carbonyl (C=O) groups excluding carboxylic acids is 2. The Morgan fingerprint density at radius 2 is 1.76 bits per heavy atom. The van der Waals surface area contributed by atoms with Crippen molar-refractivity contribution in [1.82, 2.24) is 10.6 Å². The summed E-state index contributed by atoms with van der Waals surface area (Å²) in [5, 5.41) is 7.80. The number of amides is 2. The van der Waals surface area contributed by atoms with E-state index in [-0.39, 0.29) is 24.4 Å². The lowest BCUT2D eigenvalue weighted by Crippen LogP contribution is -2.40. The highest BCUT2D eigenvalue weighted by atomic mass is 16.2. The average Bonchev–Trinajstić information content (AvgIpc) is 2.62. The van der Waals surface area contributed by atoms with E-state index in [1.807, 2.05) is 42.5 Å². The Bertz CT molecular complexity index is 728. The van der Waals surface area contributed by atoms with E-state index in [1.54, 1.807) is 0 Å². The maximum Gasteiger partial charge on any atom is 0.239 e. The van der Waals surface area contributed by atoms with Gasteiger partial charge in [-0.3, -0.25) is 9.59 Å². The number of nitrogens with one attached hydrogen (secondary N) is 2. The maximum absolute atomic E-state index is 12.1. The minimum Gasteiger partial charge on any atom is -0.347 e. The average molecular weight is 341 g/mol. The molecule has 0 aromatic heterocycles. The van der Waals surface area contributed by atoms with Crippen LogP contribution in [0.15, 0.2) is 42.5 Å². The van der Waals surface area contributed by atoms with Crippen molar-refractivity contribution >= 4 is 22.6 Å². The number of hydrogen-bond donors (Lipinski definition) is 3. The first-order valence-corrected chi connectivity index (χ1v) is 8.74. The second kappa shape index (κ2) is 9.18. The van der Waals surface area contributed by atoms with E-state index in [9.17, 15) is 9.59 Å². The molecule has 0 radical (unpaired) electrons. The standard InChI is InChI=1S/C20H27N3O2/c1-14(2)7-10-19(24)22-13-20(25)23-18(12-21)17-9-8-15-5-3-4-6-16(15)11-17/h3-6,8-9,11,14,18H,7,10,12-13,21H2,1-2H3,(H,22,24)(H,23,25). The molecule has 0 bridgehead atoms. The predicted molar refractivity (Wildman–Crippen MR) is 101 cm³/mol. The van der Waals surface area contributed by atoms with Crippen LogP contribution >= 0.6 is 0 Å². The molecule has 2 amide bonds. The first-order chi connectivity index (χ1) is 12.0. The second-order valence-electron chi connectivity index (χ2n) is 6.67. The lowest BCUT2D eigenvalue weighted by Gasteiger charge is -2.18. The van der Waals surface area contributed by atoms with Gasteiger partial charge in [0.15, 0.2) is 0 Å². The van der Waals surface area contributed by atoms with Crippen LogP contribution in [-0.2, 0) is 9.59 Å². The number of fused-ring (bicyclic) bond motifs is 1. The highest BCUT2D eigenvalue weighted by Crippen LogP contribution is 2.20. The topological polar surface area (TPSA) is 84.2 Å². The van der Waals surface area contributed by atoms with Crippen molar-refractivity contribution in [2.24, 2.45) is 11.7 Å². The van der Waals surface area contributed by atoms with E-state index >= 15 is 0 Å². The Hall–Kier alpha value is -2.40. The van der Waals surface area contributed by atoms with E-state index in [1.165, 1.54) is 0 Å². The number of nitrogens with two attached hydrogens (primary N) is 1. The van der Waals surface area contributed by atoms with Gasteiger partial charge in [0, 0.05) is 13.0 Å². The smallest absolute Gasteiger partial charge is 0.239 e. The van der Waals surface area contributed by atoms with Crippen LogP contribution in [0.1, 0.15) is 38.3 Å². The van der Waals surface area contributed by atoms with Crippen molar-refractivity contribution in [3.8, 4) is 0 Å². The van der Waals surface area contributed by atoms with E-state index < -0.39 is 0 Å². The Morgan fingerprint density at radius 3 is 2.44 bits per heavy atom. The molecule has 4 N–H and O–H groups in total. The van der Waals surface area contributed by atoms with Gasteiger partial charge in [0.1, 0.15) is 0 Å². The zero-order valence-corrected chi connectivity index (χ0v) is 14.9. The second-order valence-corrected chi connectivity index (χ2v) is 6.67. The van der Waals surface area contributed by atoms with Crippen LogP contribution < -0.4 is 16.4 Å². The summed E-state index contributed by atoms with van der Waals surface area (Å²) in [6.45, 7) is 4.40. The first kappa shape index (κ1) is 18.9. The third-order valence-electron chi connectivity index (χ3n) is 4.14. The molecule has 0 heterocycles. The SMILES string of the molecule is CC(C)CCC(=O)NCC(=O)NC(CN)c1ccc2ccccc2c1. The fraction of sp³-hybridized carbons (Fsp3) is 0.400. The van der Waals surface area contributed by atoms with Crippen LogP contribution in [0.4, 0.5) is 0 Å². The van der Waals surface area contributed by atoms with Gasteiger partial charge in [-0.1, -0.05) is 50.2 Å². The van der Waals surface area contributed by atoms with Crippen molar-refractivity contribution in [2.45, 2.75) is 32.7 Å². The van der Waals surface area contributed by atoms with Gasteiger partial charge in [-0.15, -0.1) is 0 Å². The van der Waals surface area contributed by atoms with Gasteiger partial charge in [-0.2, -0.15) is 0 Å². The molecular formula is C20H27N3O2. The Morgan fingerprint density at radius 1 is 1.04 bits per heavy atom. The fourth-order valence-electron chi connectivity index (χ4n) is 2.64. The van der Waals surface area contributed by atoms with Crippen molar-refractivity contribution in [3.05, 3.63) is 48.0 Å². The zero-order valence-electron chi connectivity index (χ0n) is 14.9. The summed E-state index contributed by atoms with van der Waals surface area (Å²) in [5.74, 6) is 0.134. The summed E-state index contributed by atoms with van der Waals surface area (Å²) < 4.78 is 0. The molecular weight excluding hydrogens is 314 g/mol. The highest BCUT2D eigenvalue weighted by molar-refractivity contribution is 5.85. The van der Waals surface area contributed by atoms with E-state index in [0.717, 1.165) is 22.8 Å². The molecule has 0 saturated heterocycles. The van der Waals surface area contributed by atoms with Crippen molar-refractivity contribution in [1.29, 1.82) is 0 Å². The first-order valence-electron chi connectivity index (χ1n) is 8.74. The van der Waals surface area contributed by atoms with Crippen molar-refractivity contribution < 1.29 is 9.59 Å². The lowest BCUT2D eigenvalue weighted by atomic mass is 10.0. The summed E-state index contributed by atoms with van der Waals surface area (Å²) in [6.07, 6.45) is 1.26. The van der Waals surface area contributed by atoms with Crippen LogP contribution in [0.2, 0.25) is 0 Å². The van der Waals surface area contributed by atoms with Crippen LogP contribution in [0.25, 0.3) is 10.8 Å². The van der Waals surface area contributed by atoms with Gasteiger partial charge in [-0.05, 0) is 34.7 Å². The molecule has 0 fully saturated rings. The Balaban J connectivity index is 1.91. The summed E-state index contributed by atoms with van der Waals surface area (Å²) in [5.41, 5.74) is 6.79.